The van der Waals surface area contributed by atoms with Crippen LogP contribution in [0.1, 0.15) is 25.5 Å². The van der Waals surface area contributed by atoms with Gasteiger partial charge in [-0.1, -0.05) is 18.2 Å². The van der Waals surface area contributed by atoms with E-state index >= 15 is 0 Å². The second-order valence-corrected chi connectivity index (χ2v) is 7.68. The van der Waals surface area contributed by atoms with E-state index in [0.29, 0.717) is 44.5 Å². The Balaban J connectivity index is 2.00. The third kappa shape index (κ3) is 4.60. The molecule has 1 aliphatic rings. The summed E-state index contributed by atoms with van der Waals surface area (Å²) in [7, 11) is 0. The van der Waals surface area contributed by atoms with E-state index in [1.165, 1.54) is 6.07 Å². The molecule has 1 atom stereocenters. The van der Waals surface area contributed by atoms with Gasteiger partial charge >= 0.3 is 0 Å². The van der Waals surface area contributed by atoms with Gasteiger partial charge in [-0.25, -0.2) is 0 Å². The van der Waals surface area contributed by atoms with Gasteiger partial charge in [0.1, 0.15) is 5.75 Å². The van der Waals surface area contributed by atoms with Crippen molar-refractivity contribution in [3.8, 4) is 5.75 Å². The van der Waals surface area contributed by atoms with Gasteiger partial charge in [0.05, 0.1) is 33.3 Å². The quantitative estimate of drug-likeness (QED) is 0.316. The van der Waals surface area contributed by atoms with Crippen LogP contribution >= 0.6 is 28.1 Å². The molecule has 0 radical (unpaired) electrons. The highest BCUT2D eigenvalue weighted by molar-refractivity contribution is 9.10. The summed E-state index contributed by atoms with van der Waals surface area (Å²) >= 11 is 8.43. The summed E-state index contributed by atoms with van der Waals surface area (Å²) < 4.78 is 5.92. The number of amides is 1. The summed E-state index contributed by atoms with van der Waals surface area (Å²) in [6.45, 7) is 4.05. The molecule has 0 bridgehead atoms. The average Bonchev–Trinajstić information content (AvgIpc) is 2.69. The van der Waals surface area contributed by atoms with E-state index in [-0.39, 0.29) is 11.6 Å². The number of ether oxygens (including phenoxy) is 1. The lowest BCUT2D eigenvalue weighted by atomic mass is 9.94. The third-order valence-electron chi connectivity index (χ3n) is 4.45. The molecular formula is C20H19BrN4O4S. The lowest BCUT2D eigenvalue weighted by molar-refractivity contribution is -0.385. The smallest absolute Gasteiger partial charge is 0.283 e. The topological polar surface area (TPSA) is 106 Å². The summed E-state index contributed by atoms with van der Waals surface area (Å²) in [6, 6.07) is 11.2. The maximum Gasteiger partial charge on any atom is 0.283 e. The van der Waals surface area contributed by atoms with Gasteiger partial charge in [0.2, 0.25) is 0 Å². The number of rotatable bonds is 6. The third-order valence-corrected chi connectivity index (χ3v) is 5.34. The number of allylic oxidation sites excluding steroid dienone is 1. The molecule has 1 aliphatic heterocycles. The van der Waals surface area contributed by atoms with Crippen molar-refractivity contribution in [2.75, 3.05) is 11.9 Å². The van der Waals surface area contributed by atoms with Gasteiger partial charge in [0.25, 0.3) is 11.6 Å². The van der Waals surface area contributed by atoms with Gasteiger partial charge in [0, 0.05) is 11.8 Å². The van der Waals surface area contributed by atoms with E-state index < -0.39 is 11.0 Å². The normalized spacial score (nSPS) is 15.8. The standard InChI is InChI=1S/C20H19BrN4O4S/c1-3-29-16-7-5-4-6-14(16)23-19(26)17-11(2)22-20(30)24-18(17)12-8-9-13(21)15(10-12)25(27)28/h4-10,18H,3H2,1-2H3,(H,23,26)(H2,22,24,30)/t18-/m1/s1. The molecule has 0 unspecified atom stereocenters. The maximum absolute atomic E-state index is 13.2. The summed E-state index contributed by atoms with van der Waals surface area (Å²) in [5.41, 5.74) is 1.89. The number of nitrogens with one attached hydrogen (secondary N) is 3. The van der Waals surface area contributed by atoms with Gasteiger partial charge in [-0.05, 0) is 65.8 Å². The van der Waals surface area contributed by atoms with Crippen LogP contribution in [0.3, 0.4) is 0 Å². The molecule has 0 fully saturated rings. The molecule has 30 heavy (non-hydrogen) atoms. The number of anilines is 1. The summed E-state index contributed by atoms with van der Waals surface area (Å²) in [6.07, 6.45) is 0. The van der Waals surface area contributed by atoms with Crippen LogP contribution in [0, 0.1) is 10.1 Å². The van der Waals surface area contributed by atoms with Gasteiger partial charge in [-0.3, -0.25) is 14.9 Å². The number of nitro benzene ring substituents is 1. The average molecular weight is 491 g/mol. The number of thiocarbonyl (C=S) groups is 1. The SMILES string of the molecule is CCOc1ccccc1NC(=O)C1=C(C)NC(=S)N[C@@H]1c1ccc(Br)c([N+](=O)[O-])c1. The summed E-state index contributed by atoms with van der Waals surface area (Å²) in [5.74, 6) is 0.174. The highest BCUT2D eigenvalue weighted by atomic mass is 79.9. The number of carbonyl (C=O) groups is 1. The van der Waals surface area contributed by atoms with Gasteiger partial charge in [0.15, 0.2) is 5.11 Å². The molecule has 0 aromatic heterocycles. The Hall–Kier alpha value is -2.98. The van der Waals surface area contributed by atoms with Crippen molar-refractivity contribution in [2.24, 2.45) is 0 Å². The van der Waals surface area contributed by atoms with Crippen molar-refractivity contribution in [3.05, 3.63) is 73.9 Å². The van der Waals surface area contributed by atoms with E-state index in [0.717, 1.165) is 0 Å². The number of carbonyl (C=O) groups excluding carboxylic acids is 1. The minimum atomic E-state index is -0.662. The van der Waals surface area contributed by atoms with Crippen molar-refractivity contribution in [3.63, 3.8) is 0 Å². The fraction of sp³-hybridized carbons (Fsp3) is 0.200. The number of para-hydroxylation sites is 2. The summed E-state index contributed by atoms with van der Waals surface area (Å²) in [5, 5.41) is 20.5. The van der Waals surface area contributed by atoms with Crippen LogP contribution in [0.4, 0.5) is 11.4 Å². The van der Waals surface area contributed by atoms with Crippen LogP contribution in [-0.2, 0) is 4.79 Å². The van der Waals surface area contributed by atoms with Crippen LogP contribution in [0.2, 0.25) is 0 Å². The maximum atomic E-state index is 13.2. The molecular weight excluding hydrogens is 472 g/mol. The number of benzene rings is 2. The molecule has 2 aromatic carbocycles. The van der Waals surface area contributed by atoms with E-state index in [1.807, 2.05) is 13.0 Å². The van der Waals surface area contributed by atoms with E-state index in [4.69, 9.17) is 17.0 Å². The predicted octanol–water partition coefficient (Wildman–Crippen LogP) is 4.19. The predicted molar refractivity (Wildman–Crippen MR) is 121 cm³/mol. The van der Waals surface area contributed by atoms with Gasteiger partial charge in [-0.15, -0.1) is 0 Å². The van der Waals surface area contributed by atoms with E-state index in [2.05, 4.69) is 31.9 Å². The molecule has 0 aliphatic carbocycles. The zero-order valence-electron chi connectivity index (χ0n) is 16.2. The highest BCUT2D eigenvalue weighted by Crippen LogP contribution is 2.34. The van der Waals surface area contributed by atoms with Crippen LogP contribution in [0.15, 0.2) is 58.2 Å². The molecule has 1 heterocycles. The molecule has 1 amide bonds. The van der Waals surface area contributed by atoms with Crippen LogP contribution < -0.4 is 20.7 Å². The first-order valence-corrected chi connectivity index (χ1v) is 10.3. The highest BCUT2D eigenvalue weighted by Gasteiger charge is 2.31. The molecule has 156 valence electrons. The lowest BCUT2D eigenvalue weighted by Gasteiger charge is -2.30. The van der Waals surface area contributed by atoms with Crippen molar-refractivity contribution < 1.29 is 14.5 Å². The monoisotopic (exact) mass is 490 g/mol. The first-order chi connectivity index (χ1) is 14.3. The van der Waals surface area contributed by atoms with Crippen molar-refractivity contribution in [1.29, 1.82) is 0 Å². The molecule has 10 heteroatoms. The summed E-state index contributed by atoms with van der Waals surface area (Å²) in [4.78, 5) is 24.1. The molecule has 0 saturated carbocycles. The number of halogens is 1. The minimum Gasteiger partial charge on any atom is -0.492 e. The van der Waals surface area contributed by atoms with Crippen LogP contribution in [-0.4, -0.2) is 22.5 Å². The molecule has 0 saturated heterocycles. The zero-order valence-corrected chi connectivity index (χ0v) is 18.6. The number of nitrogens with zero attached hydrogens (tertiary/aromatic N) is 1. The Morgan fingerprint density at radius 3 is 2.77 bits per heavy atom. The van der Waals surface area contributed by atoms with Crippen molar-refractivity contribution >= 4 is 50.5 Å². The Labute approximate surface area is 187 Å². The molecule has 8 nitrogen and oxygen atoms in total. The van der Waals surface area contributed by atoms with Crippen molar-refractivity contribution in [2.45, 2.75) is 19.9 Å². The van der Waals surface area contributed by atoms with Crippen molar-refractivity contribution in [1.82, 2.24) is 10.6 Å². The fourth-order valence-electron chi connectivity index (χ4n) is 3.13. The first kappa shape index (κ1) is 21.7. The molecule has 0 spiro atoms. The number of hydrogen-bond acceptors (Lipinski definition) is 5. The zero-order chi connectivity index (χ0) is 21.8. The van der Waals surface area contributed by atoms with Gasteiger partial charge < -0.3 is 20.7 Å². The number of hydrogen-bond donors (Lipinski definition) is 3. The Bertz CT molecular complexity index is 1060. The molecule has 3 rings (SSSR count). The molecule has 3 N–H and O–H groups in total. The van der Waals surface area contributed by atoms with E-state index in [9.17, 15) is 14.9 Å². The Kier molecular flexibility index (Phi) is 6.68. The van der Waals surface area contributed by atoms with Crippen LogP contribution in [0.25, 0.3) is 0 Å². The second-order valence-electron chi connectivity index (χ2n) is 6.42. The Morgan fingerprint density at radius 2 is 2.07 bits per heavy atom. The number of nitro groups is 1. The second kappa shape index (κ2) is 9.23. The first-order valence-electron chi connectivity index (χ1n) is 9.07. The largest absolute Gasteiger partial charge is 0.492 e. The minimum absolute atomic E-state index is 0.0992. The fourth-order valence-corrected chi connectivity index (χ4v) is 3.80. The lowest BCUT2D eigenvalue weighted by Crippen LogP contribution is -2.45. The van der Waals surface area contributed by atoms with Gasteiger partial charge in [-0.2, -0.15) is 0 Å². The molecule has 2 aromatic rings. The van der Waals surface area contributed by atoms with E-state index in [1.54, 1.807) is 37.3 Å². The van der Waals surface area contributed by atoms with Crippen LogP contribution in [0.5, 0.6) is 5.75 Å². The Morgan fingerprint density at radius 1 is 1.33 bits per heavy atom.